The fourth-order valence-corrected chi connectivity index (χ4v) is 1.28. The number of benzene rings is 1. The van der Waals surface area contributed by atoms with Crippen LogP contribution in [0.3, 0.4) is 0 Å². The summed E-state index contributed by atoms with van der Waals surface area (Å²) in [4.78, 5) is 11.4. The molecule has 0 aromatic heterocycles. The van der Waals surface area contributed by atoms with Crippen molar-refractivity contribution in [3.05, 3.63) is 35.9 Å². The lowest BCUT2D eigenvalue weighted by Gasteiger charge is -2.05. The molecule has 0 aliphatic heterocycles. The van der Waals surface area contributed by atoms with Crippen molar-refractivity contribution in [2.75, 3.05) is 13.7 Å². The van der Waals surface area contributed by atoms with Crippen LogP contribution in [-0.2, 0) is 4.79 Å². The molecule has 4 nitrogen and oxygen atoms in total. The normalized spacial score (nSPS) is 12.4. The zero-order valence-electron chi connectivity index (χ0n) is 10.0. The number of aliphatic hydroxyl groups is 1. The molecule has 0 bridgehead atoms. The van der Waals surface area contributed by atoms with Crippen LogP contribution in [0.1, 0.15) is 12.5 Å². The summed E-state index contributed by atoms with van der Waals surface area (Å²) in [6.07, 6.45) is 2.55. The van der Waals surface area contributed by atoms with Crippen LogP contribution in [0.5, 0.6) is 5.75 Å². The summed E-state index contributed by atoms with van der Waals surface area (Å²) in [5, 5.41) is 11.6. The molecule has 17 heavy (non-hydrogen) atoms. The second-order valence-corrected chi connectivity index (χ2v) is 3.67. The van der Waals surface area contributed by atoms with Crippen LogP contribution in [-0.4, -0.2) is 30.8 Å². The van der Waals surface area contributed by atoms with Crippen LogP contribution < -0.4 is 10.1 Å². The van der Waals surface area contributed by atoms with Crippen LogP contribution in [0, 0.1) is 0 Å². The molecule has 2 N–H and O–H groups in total. The molecule has 0 saturated heterocycles. The van der Waals surface area contributed by atoms with Gasteiger partial charge in [-0.05, 0) is 19.1 Å². The van der Waals surface area contributed by atoms with Gasteiger partial charge < -0.3 is 15.2 Å². The van der Waals surface area contributed by atoms with Gasteiger partial charge in [-0.1, -0.05) is 18.2 Å². The van der Waals surface area contributed by atoms with Gasteiger partial charge in [-0.2, -0.15) is 0 Å². The third kappa shape index (κ3) is 4.70. The highest BCUT2D eigenvalue weighted by molar-refractivity contribution is 5.92. The Morgan fingerprint density at radius 2 is 2.24 bits per heavy atom. The van der Waals surface area contributed by atoms with Gasteiger partial charge in [-0.15, -0.1) is 0 Å². The van der Waals surface area contributed by atoms with Crippen LogP contribution in [0.2, 0.25) is 0 Å². The molecular formula is C13H17NO3. The van der Waals surface area contributed by atoms with Crippen molar-refractivity contribution in [3.63, 3.8) is 0 Å². The van der Waals surface area contributed by atoms with Crippen molar-refractivity contribution in [1.29, 1.82) is 0 Å². The highest BCUT2D eigenvalue weighted by Gasteiger charge is 2.00. The SMILES string of the molecule is COc1ccccc1/C=C/C(=O)NC[C@@H](C)O. The van der Waals surface area contributed by atoms with Crippen molar-refractivity contribution >= 4 is 12.0 Å². The number of rotatable bonds is 5. The van der Waals surface area contributed by atoms with E-state index in [1.807, 2.05) is 24.3 Å². The smallest absolute Gasteiger partial charge is 0.244 e. The van der Waals surface area contributed by atoms with E-state index < -0.39 is 6.10 Å². The molecule has 0 unspecified atom stereocenters. The molecule has 0 aliphatic carbocycles. The summed E-state index contributed by atoms with van der Waals surface area (Å²) < 4.78 is 5.15. The van der Waals surface area contributed by atoms with E-state index in [1.165, 1.54) is 6.08 Å². The van der Waals surface area contributed by atoms with E-state index in [4.69, 9.17) is 9.84 Å². The van der Waals surface area contributed by atoms with Gasteiger partial charge in [0.2, 0.25) is 5.91 Å². The molecule has 1 amide bonds. The Bertz CT molecular complexity index is 399. The van der Waals surface area contributed by atoms with Crippen molar-refractivity contribution < 1.29 is 14.6 Å². The second-order valence-electron chi connectivity index (χ2n) is 3.67. The first-order valence-corrected chi connectivity index (χ1v) is 5.40. The number of hydrogen-bond acceptors (Lipinski definition) is 3. The van der Waals surface area contributed by atoms with Crippen molar-refractivity contribution in [2.45, 2.75) is 13.0 Å². The maximum absolute atomic E-state index is 11.4. The van der Waals surface area contributed by atoms with Crippen molar-refractivity contribution in [1.82, 2.24) is 5.32 Å². The van der Waals surface area contributed by atoms with E-state index in [1.54, 1.807) is 20.1 Å². The van der Waals surface area contributed by atoms with Crippen LogP contribution >= 0.6 is 0 Å². The summed E-state index contributed by atoms with van der Waals surface area (Å²) in [7, 11) is 1.58. The molecule has 4 heteroatoms. The second kappa shape index (κ2) is 6.70. The molecule has 0 spiro atoms. The largest absolute Gasteiger partial charge is 0.496 e. The standard InChI is InChI=1S/C13H17NO3/c1-10(15)9-14-13(16)8-7-11-5-3-4-6-12(11)17-2/h3-8,10,15H,9H2,1-2H3,(H,14,16)/b8-7+/t10-/m1/s1. The van der Waals surface area contributed by atoms with Crippen molar-refractivity contribution in [2.24, 2.45) is 0 Å². The molecule has 1 aromatic carbocycles. The number of amides is 1. The van der Waals surface area contributed by atoms with Crippen LogP contribution in [0.4, 0.5) is 0 Å². The lowest BCUT2D eigenvalue weighted by molar-refractivity contribution is -0.116. The highest BCUT2D eigenvalue weighted by Crippen LogP contribution is 2.18. The Labute approximate surface area is 101 Å². The maximum atomic E-state index is 11.4. The van der Waals surface area contributed by atoms with E-state index in [2.05, 4.69) is 5.32 Å². The summed E-state index contributed by atoms with van der Waals surface area (Å²) in [6.45, 7) is 1.86. The van der Waals surface area contributed by atoms with Gasteiger partial charge in [-0.3, -0.25) is 4.79 Å². The van der Waals surface area contributed by atoms with Gasteiger partial charge in [0.25, 0.3) is 0 Å². The Hall–Kier alpha value is -1.81. The van der Waals surface area contributed by atoms with E-state index in [0.29, 0.717) is 5.75 Å². The number of carbonyl (C=O) groups excluding carboxylic acids is 1. The zero-order chi connectivity index (χ0) is 12.7. The average Bonchev–Trinajstić information content (AvgIpc) is 2.34. The van der Waals surface area contributed by atoms with Crippen LogP contribution in [0.25, 0.3) is 6.08 Å². The summed E-state index contributed by atoms with van der Waals surface area (Å²) >= 11 is 0. The van der Waals surface area contributed by atoms with Gasteiger partial charge in [0.15, 0.2) is 0 Å². The molecule has 0 heterocycles. The average molecular weight is 235 g/mol. The summed E-state index contributed by atoms with van der Waals surface area (Å²) in [5.74, 6) is 0.476. The monoisotopic (exact) mass is 235 g/mol. The van der Waals surface area contributed by atoms with Gasteiger partial charge in [0.05, 0.1) is 13.2 Å². The van der Waals surface area contributed by atoms with Gasteiger partial charge >= 0.3 is 0 Å². The van der Waals surface area contributed by atoms with E-state index in [9.17, 15) is 4.79 Å². The zero-order valence-corrected chi connectivity index (χ0v) is 10.0. The fourth-order valence-electron chi connectivity index (χ4n) is 1.28. The molecule has 0 aliphatic rings. The van der Waals surface area contributed by atoms with Gasteiger partial charge in [0, 0.05) is 18.2 Å². The Balaban J connectivity index is 2.60. The van der Waals surface area contributed by atoms with Crippen LogP contribution in [0.15, 0.2) is 30.3 Å². The molecule has 1 aromatic rings. The Kier molecular flexibility index (Phi) is 5.23. The summed E-state index contributed by atoms with van der Waals surface area (Å²) in [6, 6.07) is 7.42. The minimum Gasteiger partial charge on any atom is -0.496 e. The quantitative estimate of drug-likeness (QED) is 0.754. The topological polar surface area (TPSA) is 58.6 Å². The predicted molar refractivity (Wildman–Crippen MR) is 66.7 cm³/mol. The first kappa shape index (κ1) is 13.3. The summed E-state index contributed by atoms with van der Waals surface area (Å²) in [5.41, 5.74) is 0.835. The van der Waals surface area contributed by atoms with E-state index >= 15 is 0 Å². The molecule has 92 valence electrons. The fraction of sp³-hybridized carbons (Fsp3) is 0.308. The Morgan fingerprint density at radius 3 is 2.88 bits per heavy atom. The molecular weight excluding hydrogens is 218 g/mol. The lowest BCUT2D eigenvalue weighted by Crippen LogP contribution is -2.28. The number of methoxy groups -OCH3 is 1. The molecule has 0 fully saturated rings. The van der Waals surface area contributed by atoms with Crippen molar-refractivity contribution in [3.8, 4) is 5.75 Å². The number of ether oxygens (including phenoxy) is 1. The van der Waals surface area contributed by atoms with E-state index in [0.717, 1.165) is 5.56 Å². The van der Waals surface area contributed by atoms with E-state index in [-0.39, 0.29) is 12.5 Å². The number of hydrogen-bond donors (Lipinski definition) is 2. The molecule has 0 radical (unpaired) electrons. The Morgan fingerprint density at radius 1 is 1.53 bits per heavy atom. The number of aliphatic hydroxyl groups excluding tert-OH is 1. The maximum Gasteiger partial charge on any atom is 0.244 e. The number of nitrogens with one attached hydrogen (secondary N) is 1. The minimum atomic E-state index is -0.543. The molecule has 1 rings (SSSR count). The minimum absolute atomic E-state index is 0.239. The van der Waals surface area contributed by atoms with Gasteiger partial charge in [-0.25, -0.2) is 0 Å². The highest BCUT2D eigenvalue weighted by atomic mass is 16.5. The third-order valence-corrected chi connectivity index (χ3v) is 2.12. The number of para-hydroxylation sites is 1. The number of carbonyl (C=O) groups is 1. The lowest BCUT2D eigenvalue weighted by atomic mass is 10.2. The van der Waals surface area contributed by atoms with Gasteiger partial charge in [0.1, 0.15) is 5.75 Å². The molecule has 0 saturated carbocycles. The molecule has 1 atom stereocenters. The first-order chi connectivity index (χ1) is 8.13. The predicted octanol–water partition coefficient (Wildman–Crippen LogP) is 1.21. The third-order valence-electron chi connectivity index (χ3n) is 2.12. The first-order valence-electron chi connectivity index (χ1n) is 5.40.